The molecule has 336 valence electrons. The van der Waals surface area contributed by atoms with Gasteiger partial charge in [-0.25, -0.2) is 28.3 Å². The molecule has 0 bridgehead atoms. The quantitative estimate of drug-likeness (QED) is 0.108. The number of amides is 4. The molecule has 5 aromatic rings. The number of rotatable bonds is 10. The van der Waals surface area contributed by atoms with Gasteiger partial charge in [0, 0.05) is 29.6 Å². The molecule has 18 heteroatoms. The van der Waals surface area contributed by atoms with E-state index in [1.807, 2.05) is 47.6 Å². The van der Waals surface area contributed by atoms with Crippen molar-refractivity contribution in [3.8, 4) is 39.5 Å². The molecule has 8 rings (SSSR count). The second kappa shape index (κ2) is 18.5. The number of carbonyl (C=O) groups excluding carboxylic acids is 4. The van der Waals surface area contributed by atoms with Gasteiger partial charge in [0.1, 0.15) is 35.3 Å². The summed E-state index contributed by atoms with van der Waals surface area (Å²) in [5.74, 6) is -0.863. The van der Waals surface area contributed by atoms with Crippen LogP contribution < -0.4 is 15.4 Å². The smallest absolute Gasteiger partial charge is 0.407 e. The maximum atomic E-state index is 16.6. The first kappa shape index (κ1) is 44.6. The Bertz CT molecular complexity index is 2510. The van der Waals surface area contributed by atoms with E-state index in [2.05, 4.69) is 30.6 Å². The fourth-order valence-electron chi connectivity index (χ4n) is 8.77. The van der Waals surface area contributed by atoms with Crippen LogP contribution in [0.3, 0.4) is 0 Å². The molecule has 16 nitrogen and oxygen atoms in total. The lowest BCUT2D eigenvalue weighted by atomic mass is 10.0. The third-order valence-corrected chi connectivity index (χ3v) is 11.9. The summed E-state index contributed by atoms with van der Waals surface area (Å²) in [7, 11) is 2.50. The number of nitrogens with one attached hydrogen (secondary N) is 4. The number of benzene rings is 2. The van der Waals surface area contributed by atoms with E-state index in [9.17, 15) is 19.2 Å². The largest absolute Gasteiger partial charge is 0.472 e. The lowest BCUT2D eigenvalue weighted by Crippen LogP contribution is -2.51. The first-order valence-electron chi connectivity index (χ1n) is 21.5. The first-order valence-corrected chi connectivity index (χ1v) is 21.5. The van der Waals surface area contributed by atoms with E-state index in [-0.39, 0.29) is 64.9 Å². The highest BCUT2D eigenvalue weighted by Gasteiger charge is 2.39. The molecule has 4 amide bonds. The number of aromatic amines is 2. The number of ether oxygens (including phenoxy) is 3. The van der Waals surface area contributed by atoms with Crippen LogP contribution in [-0.2, 0) is 25.8 Å². The van der Waals surface area contributed by atoms with Crippen LogP contribution in [0.4, 0.5) is 18.4 Å². The molecule has 0 aliphatic carbocycles. The molecular formula is C45H55F2N9O7. The summed E-state index contributed by atoms with van der Waals surface area (Å²) < 4.78 is 50.0. The Balaban J connectivity index is 0.00000293. The Morgan fingerprint density at radius 2 is 1.30 bits per heavy atom. The molecule has 4 N–H and O–H groups in total. The Morgan fingerprint density at radius 1 is 0.778 bits per heavy atom. The predicted molar refractivity (Wildman–Crippen MR) is 230 cm³/mol. The summed E-state index contributed by atoms with van der Waals surface area (Å²) in [4.78, 5) is 70.5. The first-order chi connectivity index (χ1) is 30.3. The van der Waals surface area contributed by atoms with Gasteiger partial charge >= 0.3 is 12.2 Å². The Morgan fingerprint density at radius 3 is 1.81 bits per heavy atom. The second-order valence-electron chi connectivity index (χ2n) is 16.4. The number of fused-ring (bicyclic) bond motifs is 5. The minimum atomic E-state index is -0.787. The average molecular weight is 872 g/mol. The normalized spacial score (nSPS) is 17.7. The van der Waals surface area contributed by atoms with E-state index >= 15 is 8.78 Å². The van der Waals surface area contributed by atoms with E-state index in [1.165, 1.54) is 20.3 Å². The third kappa shape index (κ3) is 8.42. The maximum absolute atomic E-state index is 16.6. The van der Waals surface area contributed by atoms with Crippen molar-refractivity contribution in [3.63, 3.8) is 0 Å². The molecule has 0 unspecified atom stereocenters. The van der Waals surface area contributed by atoms with Crippen LogP contribution in [0.15, 0.2) is 42.7 Å². The van der Waals surface area contributed by atoms with E-state index in [1.54, 1.807) is 45.0 Å². The SMILES string of the molecule is CC.COC(=O)N[C@H](C(=O)N1CCC[C@H]1c1ncc(-c2cc(F)c3c(c2)OCn2c-3c(F)c3cc(-c4cnc([C@@H]5CCCN5C(=O)[C@@H](NC(=O)OC)C(C)C)[nH]4)ccc32)[nH]1)C(C)C. The zero-order chi connectivity index (χ0) is 45.3. The number of nitrogens with zero attached hydrogens (tertiary/aromatic N) is 5. The van der Waals surface area contributed by atoms with Crippen molar-refractivity contribution in [2.24, 2.45) is 11.8 Å². The van der Waals surface area contributed by atoms with Crippen LogP contribution in [0.1, 0.15) is 91.0 Å². The van der Waals surface area contributed by atoms with Crippen LogP contribution >= 0.6 is 0 Å². The average Bonchev–Trinajstić information content (AvgIpc) is 4.15. The fourth-order valence-corrected chi connectivity index (χ4v) is 8.77. The number of methoxy groups -OCH3 is 2. The summed E-state index contributed by atoms with van der Waals surface area (Å²) in [6, 6.07) is 5.93. The van der Waals surface area contributed by atoms with Crippen LogP contribution in [-0.4, -0.2) is 97.7 Å². The fraction of sp³-hybridized carbons (Fsp3) is 0.467. The third-order valence-electron chi connectivity index (χ3n) is 11.9. The number of carbonyl (C=O) groups is 4. The summed E-state index contributed by atoms with van der Waals surface area (Å²) >= 11 is 0. The van der Waals surface area contributed by atoms with Gasteiger partial charge in [-0.15, -0.1) is 0 Å². The number of imidazole rings is 2. The highest BCUT2D eigenvalue weighted by Crippen LogP contribution is 2.45. The monoisotopic (exact) mass is 871 g/mol. The molecule has 4 atom stereocenters. The van der Waals surface area contributed by atoms with Gasteiger partial charge in [0.25, 0.3) is 0 Å². The van der Waals surface area contributed by atoms with E-state index < -0.39 is 35.9 Å². The molecule has 0 radical (unpaired) electrons. The number of hydrogen-bond acceptors (Lipinski definition) is 9. The molecular weight excluding hydrogens is 817 g/mol. The number of likely N-dealkylation sites (tertiary alicyclic amines) is 2. The highest BCUT2D eigenvalue weighted by molar-refractivity contribution is 5.93. The Hall–Kier alpha value is -6.46. The molecule has 3 aromatic heterocycles. The van der Waals surface area contributed by atoms with Gasteiger partial charge in [-0.3, -0.25) is 9.59 Å². The molecule has 3 aliphatic heterocycles. The standard InChI is InChI=1S/C43H49F2N9O7.C2H6/c1-21(2)35(50-42(57)59-5)40(55)52-13-7-9-30(52)38-46-18-27(48-38)23-11-12-29-25(15-23)34(45)37-33-26(44)16-24(17-32(33)61-20-54(29)37)28-19-47-39(49-28)31-10-8-14-53(31)41(56)36(22(3)4)51-43(58)60-6;1-2/h11-12,15-19,21-22,30-31,35-36H,7-10,13-14,20H2,1-6H3,(H,46,48)(H,47,49)(H,50,57)(H,51,58);1-2H3/t30-,31-,35-,36-;/m0./s1. The Kier molecular flexibility index (Phi) is 13.1. The molecule has 2 aromatic carbocycles. The van der Waals surface area contributed by atoms with E-state index in [0.717, 1.165) is 12.8 Å². The van der Waals surface area contributed by atoms with Crippen LogP contribution in [0.5, 0.6) is 5.75 Å². The lowest BCUT2D eigenvalue weighted by molar-refractivity contribution is -0.136. The molecule has 3 aliphatic rings. The Labute approximate surface area is 364 Å². The van der Waals surface area contributed by atoms with Crippen molar-refractivity contribution in [1.29, 1.82) is 0 Å². The van der Waals surface area contributed by atoms with E-state index in [4.69, 9.17) is 14.2 Å². The molecule has 6 heterocycles. The second-order valence-corrected chi connectivity index (χ2v) is 16.4. The minimum Gasteiger partial charge on any atom is -0.472 e. The van der Waals surface area contributed by atoms with Crippen molar-refractivity contribution in [2.75, 3.05) is 27.3 Å². The van der Waals surface area contributed by atoms with Gasteiger partial charge in [0.15, 0.2) is 12.5 Å². The van der Waals surface area contributed by atoms with Crippen molar-refractivity contribution >= 4 is 34.9 Å². The predicted octanol–water partition coefficient (Wildman–Crippen LogP) is 7.83. The van der Waals surface area contributed by atoms with Crippen molar-refractivity contribution in [1.82, 2.24) is 44.9 Å². The molecule has 0 spiro atoms. The van der Waals surface area contributed by atoms with E-state index in [0.29, 0.717) is 65.6 Å². The maximum Gasteiger partial charge on any atom is 0.407 e. The number of halogens is 2. The molecule has 0 saturated carbocycles. The number of aromatic nitrogens is 5. The number of H-pyrrole nitrogens is 2. The van der Waals surface area contributed by atoms with Gasteiger partial charge in [-0.1, -0.05) is 47.6 Å². The zero-order valence-corrected chi connectivity index (χ0v) is 36.8. The molecule has 63 heavy (non-hydrogen) atoms. The van der Waals surface area contributed by atoms with Crippen molar-refractivity contribution in [2.45, 2.75) is 98.1 Å². The van der Waals surface area contributed by atoms with Crippen LogP contribution in [0, 0.1) is 23.5 Å². The summed E-state index contributed by atoms with van der Waals surface area (Å²) in [5.41, 5.74) is 2.76. The van der Waals surface area contributed by atoms with Gasteiger partial charge in [0.05, 0.1) is 66.9 Å². The van der Waals surface area contributed by atoms with Crippen LogP contribution in [0.2, 0.25) is 0 Å². The summed E-state index contributed by atoms with van der Waals surface area (Å²) in [5, 5.41) is 5.57. The zero-order valence-electron chi connectivity index (χ0n) is 36.8. The van der Waals surface area contributed by atoms with Gasteiger partial charge in [0.2, 0.25) is 11.8 Å². The van der Waals surface area contributed by atoms with Crippen molar-refractivity contribution in [3.05, 3.63) is 66.0 Å². The topological polar surface area (TPSA) is 189 Å². The van der Waals surface area contributed by atoms with Gasteiger partial charge in [-0.05, 0) is 61.8 Å². The molecule has 2 saturated heterocycles. The van der Waals surface area contributed by atoms with Crippen molar-refractivity contribution < 1.29 is 42.2 Å². The van der Waals surface area contributed by atoms with Gasteiger partial charge < -0.3 is 49.2 Å². The lowest BCUT2D eigenvalue weighted by Gasteiger charge is -2.30. The molecule has 2 fully saturated rings. The minimum absolute atomic E-state index is 0.00778. The summed E-state index contributed by atoms with van der Waals surface area (Å²) in [6.07, 6.45) is 4.66. The summed E-state index contributed by atoms with van der Waals surface area (Å²) in [6.45, 7) is 12.3. The van der Waals surface area contributed by atoms with Gasteiger partial charge in [-0.2, -0.15) is 0 Å². The number of hydrogen-bond donors (Lipinski definition) is 4. The number of alkyl carbamates (subject to hydrolysis) is 2. The highest BCUT2D eigenvalue weighted by atomic mass is 19.1. The van der Waals surface area contributed by atoms with Crippen LogP contribution in [0.25, 0.3) is 44.7 Å².